The zero-order chi connectivity index (χ0) is 27.9. The minimum atomic E-state index is 0.343. The maximum Gasteiger partial charge on any atom is 0.266 e. The number of anilines is 3. The fourth-order valence-corrected chi connectivity index (χ4v) is 6.31. The fourth-order valence-electron chi connectivity index (χ4n) is 5.14. The number of benzene rings is 2. The molecule has 40 heavy (non-hydrogen) atoms. The molecule has 0 aliphatic carbocycles. The molecule has 8 heteroatoms. The Balaban J connectivity index is 1.30. The van der Waals surface area contributed by atoms with Crippen molar-refractivity contribution >= 4 is 28.2 Å². The van der Waals surface area contributed by atoms with Gasteiger partial charge in [0.05, 0.1) is 17.4 Å². The van der Waals surface area contributed by atoms with E-state index in [9.17, 15) is 5.26 Å². The molecule has 4 aromatic rings. The molecule has 0 amide bonds. The lowest BCUT2D eigenvalue weighted by Gasteiger charge is -2.34. The van der Waals surface area contributed by atoms with Gasteiger partial charge in [-0.15, -0.1) is 0 Å². The summed E-state index contributed by atoms with van der Waals surface area (Å²) in [5, 5.41) is 13.6. The van der Waals surface area contributed by atoms with Gasteiger partial charge in [0.2, 0.25) is 0 Å². The maximum atomic E-state index is 10.1. The van der Waals surface area contributed by atoms with Crippen molar-refractivity contribution in [2.45, 2.75) is 33.1 Å². The molecule has 0 spiro atoms. The van der Waals surface area contributed by atoms with Crippen LogP contribution < -0.4 is 31.4 Å². The van der Waals surface area contributed by atoms with E-state index < -0.39 is 0 Å². The summed E-state index contributed by atoms with van der Waals surface area (Å²) in [5.74, 6) is 0.850. The second-order valence-corrected chi connectivity index (χ2v) is 12.9. The maximum absolute atomic E-state index is 10.1. The number of pyridine rings is 1. The third kappa shape index (κ3) is 6.70. The highest BCUT2D eigenvalue weighted by Gasteiger charge is 2.20. The van der Waals surface area contributed by atoms with E-state index in [1.165, 1.54) is 27.7 Å². The van der Waals surface area contributed by atoms with Gasteiger partial charge < -0.3 is 10.2 Å². The first-order valence-electron chi connectivity index (χ1n) is 14.0. The van der Waals surface area contributed by atoms with Crippen LogP contribution in [0, 0.1) is 18.3 Å². The number of alkyl halides is 2. The standard InChI is InChI=1S/C32H37IN7/c1-4-26-9-6-24(21-35-26)5-7-25-8-10-27(19-23(25)2)37-29-11-12-30-32(28(29)20-34)38-31(22-36-30)40-17-15-39(16-18-40)14-13-33-3/h6,8-12,19,21-22,37H,4-5,7,13-18H2,1-3H3/q+1. The van der Waals surface area contributed by atoms with Gasteiger partial charge in [-0.3, -0.25) is 14.9 Å². The molecule has 5 rings (SSSR count). The summed E-state index contributed by atoms with van der Waals surface area (Å²) < 4.78 is 1.35. The van der Waals surface area contributed by atoms with Gasteiger partial charge in [-0.25, -0.2) is 4.98 Å². The summed E-state index contributed by atoms with van der Waals surface area (Å²) in [6.07, 6.45) is 6.73. The molecule has 206 valence electrons. The van der Waals surface area contributed by atoms with Crippen LogP contribution in [0.5, 0.6) is 0 Å². The Morgan fingerprint density at radius 2 is 1.85 bits per heavy atom. The Morgan fingerprint density at radius 3 is 2.55 bits per heavy atom. The smallest absolute Gasteiger partial charge is 0.266 e. The van der Waals surface area contributed by atoms with E-state index >= 15 is 0 Å². The first kappa shape index (κ1) is 28.2. The highest BCUT2D eigenvalue weighted by atomic mass is 127. The van der Waals surface area contributed by atoms with Crippen LogP contribution in [-0.2, 0) is 19.3 Å². The molecule has 1 aliphatic heterocycles. The predicted octanol–water partition coefficient (Wildman–Crippen LogP) is 2.14. The summed E-state index contributed by atoms with van der Waals surface area (Å²) in [6.45, 7) is 9.45. The molecule has 2 aromatic carbocycles. The fraction of sp³-hybridized carbons (Fsp3) is 0.375. The molecule has 1 aliphatic rings. The Kier molecular flexibility index (Phi) is 9.45. The van der Waals surface area contributed by atoms with E-state index in [0.717, 1.165) is 73.8 Å². The van der Waals surface area contributed by atoms with E-state index in [0.29, 0.717) is 32.3 Å². The predicted molar refractivity (Wildman–Crippen MR) is 159 cm³/mol. The van der Waals surface area contributed by atoms with E-state index in [1.807, 2.05) is 24.5 Å². The molecular weight excluding hydrogens is 609 g/mol. The van der Waals surface area contributed by atoms with Crippen LogP contribution >= 0.6 is 0 Å². The number of fused-ring (bicyclic) bond motifs is 1. The average Bonchev–Trinajstić information content (AvgIpc) is 2.99. The van der Waals surface area contributed by atoms with Crippen molar-refractivity contribution in [2.75, 3.05) is 52.3 Å². The minimum Gasteiger partial charge on any atom is -0.354 e. The molecular formula is C32H37IN7+. The third-order valence-corrected chi connectivity index (χ3v) is 9.21. The van der Waals surface area contributed by atoms with E-state index in [1.54, 1.807) is 0 Å². The zero-order valence-electron chi connectivity index (χ0n) is 23.6. The van der Waals surface area contributed by atoms with Crippen LogP contribution in [0.3, 0.4) is 0 Å². The molecule has 1 saturated heterocycles. The Hall–Kier alpha value is -3.29. The average molecular weight is 647 g/mol. The number of hydrogen-bond donors (Lipinski definition) is 1. The van der Waals surface area contributed by atoms with Gasteiger partial charge in [-0.2, -0.15) is 5.26 Å². The number of aryl methyl sites for hydroxylation is 4. The second-order valence-electron chi connectivity index (χ2n) is 10.3. The molecule has 1 fully saturated rings. The summed E-state index contributed by atoms with van der Waals surface area (Å²) >= 11 is 0.343. The third-order valence-electron chi connectivity index (χ3n) is 7.65. The van der Waals surface area contributed by atoms with Gasteiger partial charge >= 0.3 is 0 Å². The quantitative estimate of drug-likeness (QED) is 0.209. The summed E-state index contributed by atoms with van der Waals surface area (Å²) in [5.41, 5.74) is 8.56. The lowest BCUT2D eigenvalue weighted by Crippen LogP contribution is -3.61. The summed E-state index contributed by atoms with van der Waals surface area (Å²) in [6, 6.07) is 17.0. The van der Waals surface area contributed by atoms with Crippen molar-refractivity contribution in [2.24, 2.45) is 0 Å². The summed E-state index contributed by atoms with van der Waals surface area (Å²) in [7, 11) is 0. The molecule has 3 heterocycles. The minimum absolute atomic E-state index is 0.343. The van der Waals surface area contributed by atoms with E-state index in [-0.39, 0.29) is 0 Å². The van der Waals surface area contributed by atoms with Crippen molar-refractivity contribution in [3.63, 3.8) is 0 Å². The number of piperazine rings is 1. The number of hydrogen-bond acceptors (Lipinski definition) is 7. The second kappa shape index (κ2) is 13.4. The van der Waals surface area contributed by atoms with Crippen molar-refractivity contribution in [1.29, 1.82) is 5.26 Å². The molecule has 0 atom stereocenters. The lowest BCUT2D eigenvalue weighted by molar-refractivity contribution is -0.626. The van der Waals surface area contributed by atoms with Crippen LogP contribution in [-0.4, -0.2) is 61.9 Å². The molecule has 7 nitrogen and oxygen atoms in total. The SMILES string of the molecule is CCc1ccc(CCc2ccc(Nc3ccc4ncc(N5CCN(CC[I+]C)CC5)nc4c3C#N)cc2C)cn1. The van der Waals surface area contributed by atoms with Crippen molar-refractivity contribution in [3.8, 4) is 6.07 Å². The number of halogens is 1. The number of nitriles is 1. The van der Waals surface area contributed by atoms with Gasteiger partial charge in [0.25, 0.3) is 21.2 Å². The summed E-state index contributed by atoms with van der Waals surface area (Å²) in [4.78, 5) is 21.3. The highest BCUT2D eigenvalue weighted by Crippen LogP contribution is 2.29. The van der Waals surface area contributed by atoms with Crippen LogP contribution in [0.2, 0.25) is 0 Å². The Labute approximate surface area is 247 Å². The van der Waals surface area contributed by atoms with Gasteiger partial charge in [-0.05, 0) is 73.2 Å². The molecule has 0 saturated carbocycles. The molecule has 0 unspecified atom stereocenters. The van der Waals surface area contributed by atoms with Gasteiger partial charge in [-0.1, -0.05) is 19.1 Å². The van der Waals surface area contributed by atoms with Gasteiger partial charge in [0.1, 0.15) is 27.9 Å². The van der Waals surface area contributed by atoms with Crippen molar-refractivity contribution in [1.82, 2.24) is 19.9 Å². The van der Waals surface area contributed by atoms with Gasteiger partial charge in [0.15, 0.2) is 4.43 Å². The molecule has 2 aromatic heterocycles. The zero-order valence-corrected chi connectivity index (χ0v) is 25.8. The number of rotatable bonds is 10. The van der Waals surface area contributed by atoms with Crippen molar-refractivity contribution in [3.05, 3.63) is 82.8 Å². The van der Waals surface area contributed by atoms with E-state index in [2.05, 4.69) is 80.3 Å². The van der Waals surface area contributed by atoms with Crippen LogP contribution in [0.4, 0.5) is 17.2 Å². The number of nitrogens with zero attached hydrogens (tertiary/aromatic N) is 6. The molecule has 1 N–H and O–H groups in total. The normalized spacial score (nSPS) is 13.9. The van der Waals surface area contributed by atoms with Crippen LogP contribution in [0.15, 0.2) is 54.9 Å². The Bertz CT molecular complexity index is 1490. The highest BCUT2D eigenvalue weighted by molar-refractivity contribution is 5.89. The number of nitrogens with one attached hydrogen (secondary N) is 1. The first-order chi connectivity index (χ1) is 19.6. The van der Waals surface area contributed by atoms with Crippen LogP contribution in [0.1, 0.15) is 34.9 Å². The largest absolute Gasteiger partial charge is 0.354 e. The van der Waals surface area contributed by atoms with Gasteiger partial charge in [0, 0.05) is 50.3 Å². The number of aromatic nitrogens is 3. The topological polar surface area (TPSA) is 81.0 Å². The Morgan fingerprint density at radius 1 is 1.00 bits per heavy atom. The monoisotopic (exact) mass is 646 g/mol. The van der Waals surface area contributed by atoms with E-state index in [4.69, 9.17) is 4.98 Å². The molecule has 0 bridgehead atoms. The van der Waals surface area contributed by atoms with Crippen LogP contribution in [0.25, 0.3) is 11.0 Å². The van der Waals surface area contributed by atoms with Crippen molar-refractivity contribution < 1.29 is 21.2 Å². The molecule has 0 radical (unpaired) electrons. The lowest BCUT2D eigenvalue weighted by atomic mass is 10.0. The first-order valence-corrected chi connectivity index (χ1v) is 17.7.